The highest BCUT2D eigenvalue weighted by Gasteiger charge is 2.62. The number of nitrogens with one attached hydrogen (secondary N) is 1. The number of hydrogen-bond acceptors (Lipinski definition) is 4. The average molecular weight is 343 g/mol. The van der Waals surface area contributed by atoms with Crippen LogP contribution < -0.4 is 15.8 Å². The Morgan fingerprint density at radius 3 is 2.57 bits per heavy atom. The van der Waals surface area contributed by atoms with Gasteiger partial charge in [-0.15, -0.1) is 12.4 Å². The molecule has 3 N–H and O–H groups in total. The molecule has 0 aromatic heterocycles. The van der Waals surface area contributed by atoms with Crippen molar-refractivity contribution in [2.45, 2.75) is 38.8 Å². The Morgan fingerprint density at radius 2 is 2.00 bits per heavy atom. The quantitative estimate of drug-likeness (QED) is 0.744. The fraction of sp³-hybridized carbons (Fsp3) is 0.588. The number of hydrogen-bond donors (Lipinski definition) is 2. The van der Waals surface area contributed by atoms with E-state index in [0.717, 1.165) is 5.75 Å². The minimum Gasteiger partial charge on any atom is -0.492 e. The van der Waals surface area contributed by atoms with Gasteiger partial charge in [0.2, 0.25) is 5.91 Å². The van der Waals surface area contributed by atoms with Crippen LogP contribution in [0.5, 0.6) is 5.75 Å². The molecule has 6 heteroatoms. The highest BCUT2D eigenvalue weighted by atomic mass is 35.5. The van der Waals surface area contributed by atoms with Crippen molar-refractivity contribution in [1.82, 2.24) is 5.32 Å². The SMILES string of the molecule is CCOC1CC(N)(C(=O)NCCOc2ccccc2)C1(C)C.Cl. The maximum absolute atomic E-state index is 12.4. The van der Waals surface area contributed by atoms with Crippen LogP contribution in [0.15, 0.2) is 30.3 Å². The van der Waals surface area contributed by atoms with Gasteiger partial charge in [0.15, 0.2) is 0 Å². The lowest BCUT2D eigenvalue weighted by Crippen LogP contribution is -2.75. The number of halogens is 1. The van der Waals surface area contributed by atoms with Crippen LogP contribution in [0.3, 0.4) is 0 Å². The largest absolute Gasteiger partial charge is 0.492 e. The molecule has 0 spiro atoms. The van der Waals surface area contributed by atoms with E-state index in [1.807, 2.05) is 51.1 Å². The molecule has 130 valence electrons. The highest BCUT2D eigenvalue weighted by Crippen LogP contribution is 2.49. The van der Waals surface area contributed by atoms with Crippen molar-refractivity contribution in [3.63, 3.8) is 0 Å². The van der Waals surface area contributed by atoms with Crippen molar-refractivity contribution in [2.75, 3.05) is 19.8 Å². The van der Waals surface area contributed by atoms with Gasteiger partial charge in [0.05, 0.1) is 12.6 Å². The zero-order valence-electron chi connectivity index (χ0n) is 14.0. The minimum atomic E-state index is -0.875. The van der Waals surface area contributed by atoms with E-state index in [4.69, 9.17) is 15.2 Å². The van der Waals surface area contributed by atoms with Gasteiger partial charge in [-0.3, -0.25) is 4.79 Å². The zero-order valence-corrected chi connectivity index (χ0v) is 14.8. The van der Waals surface area contributed by atoms with E-state index >= 15 is 0 Å². The van der Waals surface area contributed by atoms with E-state index in [1.165, 1.54) is 0 Å². The van der Waals surface area contributed by atoms with Crippen LogP contribution in [0, 0.1) is 5.41 Å². The second-order valence-electron chi connectivity index (χ2n) is 6.26. The first kappa shape index (κ1) is 19.7. The van der Waals surface area contributed by atoms with E-state index in [2.05, 4.69) is 5.32 Å². The van der Waals surface area contributed by atoms with Crippen molar-refractivity contribution in [2.24, 2.45) is 11.1 Å². The van der Waals surface area contributed by atoms with Crippen LogP contribution in [0.2, 0.25) is 0 Å². The summed E-state index contributed by atoms with van der Waals surface area (Å²) in [6, 6.07) is 9.52. The fourth-order valence-corrected chi connectivity index (χ4v) is 2.83. The lowest BCUT2D eigenvalue weighted by atomic mass is 9.54. The van der Waals surface area contributed by atoms with E-state index in [1.54, 1.807) is 0 Å². The molecular weight excluding hydrogens is 316 g/mol. The molecule has 2 atom stereocenters. The van der Waals surface area contributed by atoms with E-state index in [-0.39, 0.29) is 29.8 Å². The Bertz CT molecular complexity index is 510. The number of ether oxygens (including phenoxy) is 2. The predicted octanol–water partition coefficient (Wildman–Crippen LogP) is 2.14. The standard InChI is InChI=1S/C17H26N2O3.ClH/c1-4-21-14-12-17(18,16(14,2)3)15(20)19-10-11-22-13-8-6-5-7-9-13;/h5-9,14H,4,10-12,18H2,1-3H3,(H,19,20);1H. The van der Waals surface area contributed by atoms with Gasteiger partial charge < -0.3 is 20.5 Å². The van der Waals surface area contributed by atoms with Crippen LogP contribution in [-0.4, -0.2) is 37.3 Å². The Kier molecular flexibility index (Phi) is 6.86. The molecule has 1 saturated carbocycles. The summed E-state index contributed by atoms with van der Waals surface area (Å²) in [4.78, 5) is 12.4. The van der Waals surface area contributed by atoms with Crippen LogP contribution in [0.25, 0.3) is 0 Å². The van der Waals surface area contributed by atoms with Gasteiger partial charge in [-0.2, -0.15) is 0 Å². The number of para-hydroxylation sites is 1. The van der Waals surface area contributed by atoms with Crippen LogP contribution in [0.4, 0.5) is 0 Å². The summed E-state index contributed by atoms with van der Waals surface area (Å²) < 4.78 is 11.2. The molecule has 2 rings (SSSR count). The number of nitrogens with two attached hydrogens (primary N) is 1. The summed E-state index contributed by atoms with van der Waals surface area (Å²) in [7, 11) is 0. The lowest BCUT2D eigenvalue weighted by molar-refractivity contribution is -0.170. The Labute approximate surface area is 144 Å². The number of amides is 1. The molecule has 1 aromatic rings. The normalized spacial score (nSPS) is 25.0. The Balaban J connectivity index is 0.00000264. The van der Waals surface area contributed by atoms with Gasteiger partial charge in [0.1, 0.15) is 17.9 Å². The summed E-state index contributed by atoms with van der Waals surface area (Å²) in [5.41, 5.74) is 5.06. The van der Waals surface area contributed by atoms with Gasteiger partial charge in [0.25, 0.3) is 0 Å². The molecular formula is C17H27ClN2O3. The third-order valence-corrected chi connectivity index (χ3v) is 4.63. The monoisotopic (exact) mass is 342 g/mol. The smallest absolute Gasteiger partial charge is 0.240 e. The number of carbonyl (C=O) groups is 1. The van der Waals surface area contributed by atoms with Gasteiger partial charge in [-0.25, -0.2) is 0 Å². The molecule has 1 amide bonds. The first-order valence-corrected chi connectivity index (χ1v) is 7.78. The maximum atomic E-state index is 12.4. The number of carbonyl (C=O) groups excluding carboxylic acids is 1. The van der Waals surface area contributed by atoms with Gasteiger partial charge >= 0.3 is 0 Å². The van der Waals surface area contributed by atoms with E-state index in [0.29, 0.717) is 26.2 Å². The van der Waals surface area contributed by atoms with E-state index < -0.39 is 5.54 Å². The lowest BCUT2D eigenvalue weighted by Gasteiger charge is -2.57. The van der Waals surface area contributed by atoms with Gasteiger partial charge in [-0.05, 0) is 19.1 Å². The van der Waals surface area contributed by atoms with Crippen LogP contribution in [-0.2, 0) is 9.53 Å². The van der Waals surface area contributed by atoms with Gasteiger partial charge in [0, 0.05) is 18.4 Å². The molecule has 0 heterocycles. The molecule has 1 aliphatic carbocycles. The Hall–Kier alpha value is -1.30. The summed E-state index contributed by atoms with van der Waals surface area (Å²) in [5, 5.41) is 2.87. The second-order valence-corrected chi connectivity index (χ2v) is 6.26. The molecule has 2 unspecified atom stereocenters. The average Bonchev–Trinajstić information content (AvgIpc) is 2.52. The molecule has 0 saturated heterocycles. The second kappa shape index (κ2) is 7.99. The fourth-order valence-electron chi connectivity index (χ4n) is 2.83. The molecule has 23 heavy (non-hydrogen) atoms. The van der Waals surface area contributed by atoms with Gasteiger partial charge in [-0.1, -0.05) is 32.0 Å². The minimum absolute atomic E-state index is 0. The first-order chi connectivity index (χ1) is 10.4. The first-order valence-electron chi connectivity index (χ1n) is 7.78. The molecule has 0 bridgehead atoms. The molecule has 1 fully saturated rings. The summed E-state index contributed by atoms with van der Waals surface area (Å²) >= 11 is 0. The number of benzene rings is 1. The Morgan fingerprint density at radius 1 is 1.35 bits per heavy atom. The number of rotatable bonds is 7. The third-order valence-electron chi connectivity index (χ3n) is 4.63. The summed E-state index contributed by atoms with van der Waals surface area (Å²) in [6.07, 6.45) is 0.591. The van der Waals surface area contributed by atoms with Crippen molar-refractivity contribution >= 4 is 18.3 Å². The molecule has 1 aliphatic rings. The maximum Gasteiger partial charge on any atom is 0.240 e. The van der Waals surface area contributed by atoms with Crippen molar-refractivity contribution < 1.29 is 14.3 Å². The van der Waals surface area contributed by atoms with E-state index in [9.17, 15) is 4.79 Å². The molecule has 5 nitrogen and oxygen atoms in total. The van der Waals surface area contributed by atoms with Crippen molar-refractivity contribution in [3.05, 3.63) is 30.3 Å². The van der Waals surface area contributed by atoms with Crippen molar-refractivity contribution in [1.29, 1.82) is 0 Å². The highest BCUT2D eigenvalue weighted by molar-refractivity contribution is 5.88. The predicted molar refractivity (Wildman–Crippen MR) is 92.9 cm³/mol. The van der Waals surface area contributed by atoms with Crippen molar-refractivity contribution in [3.8, 4) is 5.75 Å². The molecule has 0 aliphatic heterocycles. The molecule has 1 aromatic carbocycles. The third kappa shape index (κ3) is 3.97. The van der Waals surface area contributed by atoms with Crippen LogP contribution in [0.1, 0.15) is 27.2 Å². The molecule has 0 radical (unpaired) electrons. The summed E-state index contributed by atoms with van der Waals surface area (Å²) in [5.74, 6) is 0.657. The zero-order chi connectivity index (χ0) is 16.2. The summed E-state index contributed by atoms with van der Waals surface area (Å²) in [6.45, 7) is 7.40. The van der Waals surface area contributed by atoms with Crippen LogP contribution >= 0.6 is 12.4 Å². The topological polar surface area (TPSA) is 73.6 Å².